The van der Waals surface area contributed by atoms with Gasteiger partial charge in [0.1, 0.15) is 18.4 Å². The zero-order chi connectivity index (χ0) is 24.9. The van der Waals surface area contributed by atoms with Crippen molar-refractivity contribution in [3.05, 3.63) is 83.4 Å². The predicted molar refractivity (Wildman–Crippen MR) is 131 cm³/mol. The van der Waals surface area contributed by atoms with Gasteiger partial charge >= 0.3 is 12.1 Å². The van der Waals surface area contributed by atoms with Gasteiger partial charge in [-0.3, -0.25) is 4.79 Å². The first-order valence-electron chi connectivity index (χ1n) is 11.3. The Morgan fingerprint density at radius 3 is 2.17 bits per heavy atom. The minimum atomic E-state index is -1.21. The van der Waals surface area contributed by atoms with E-state index >= 15 is 0 Å². The summed E-state index contributed by atoms with van der Waals surface area (Å²) in [7, 11) is 1.42. The summed E-state index contributed by atoms with van der Waals surface area (Å²) in [6.45, 7) is 1.86. The lowest BCUT2D eigenvalue weighted by Crippen LogP contribution is -2.44. The molecule has 0 fully saturated rings. The lowest BCUT2D eigenvalue weighted by molar-refractivity contribution is -0.118. The predicted octanol–water partition coefficient (Wildman–Crippen LogP) is 4.65. The van der Waals surface area contributed by atoms with Crippen LogP contribution in [0.3, 0.4) is 0 Å². The largest absolute Gasteiger partial charge is 0.497 e. The van der Waals surface area contributed by atoms with Gasteiger partial charge < -0.3 is 25.2 Å². The monoisotopic (exact) mass is 474 g/mol. The van der Waals surface area contributed by atoms with Crippen LogP contribution in [-0.2, 0) is 9.53 Å². The lowest BCUT2D eigenvalue weighted by Gasteiger charge is -2.19. The Morgan fingerprint density at radius 1 is 0.971 bits per heavy atom. The summed E-state index contributed by atoms with van der Waals surface area (Å²) in [5.74, 6) is -1.51. The van der Waals surface area contributed by atoms with Crippen LogP contribution in [0.1, 0.15) is 40.7 Å². The maximum Gasteiger partial charge on any atom is 0.407 e. The van der Waals surface area contributed by atoms with Crippen molar-refractivity contribution in [3.8, 4) is 16.9 Å². The first kappa shape index (κ1) is 23.8. The number of rotatable bonds is 8. The Balaban J connectivity index is 1.41. The average Bonchev–Trinajstić information content (AvgIpc) is 3.19. The highest BCUT2D eigenvalue weighted by Gasteiger charge is 2.29. The molecule has 0 bridgehead atoms. The number of nitrogens with one attached hydrogen (secondary N) is 2. The van der Waals surface area contributed by atoms with E-state index in [4.69, 9.17) is 9.47 Å². The molecule has 1 atom stereocenters. The van der Waals surface area contributed by atoms with Crippen LogP contribution >= 0.6 is 0 Å². The van der Waals surface area contributed by atoms with E-state index in [1.54, 1.807) is 13.0 Å². The lowest BCUT2D eigenvalue weighted by atomic mass is 9.98. The third kappa shape index (κ3) is 4.96. The number of fused-ring (bicyclic) bond motifs is 3. The highest BCUT2D eigenvalue weighted by molar-refractivity contribution is 6.03. The van der Waals surface area contributed by atoms with Gasteiger partial charge in [-0.15, -0.1) is 0 Å². The van der Waals surface area contributed by atoms with E-state index in [-0.39, 0.29) is 30.2 Å². The fourth-order valence-corrected chi connectivity index (χ4v) is 4.29. The standard InChI is InChI=1S/C27H26N2O6/c1-3-23(25(30)28-24-13-12-16(34-2)14-21(24)26(31)32)29-27(33)35-15-22-19-10-6-4-8-17(19)18-9-5-7-11-20(18)22/h4-14,22-23H,3,15H2,1-2H3,(H,28,30)(H,29,33)(H,31,32). The van der Waals surface area contributed by atoms with E-state index in [0.29, 0.717) is 5.75 Å². The molecule has 4 rings (SSSR count). The van der Waals surface area contributed by atoms with Crippen molar-refractivity contribution < 1.29 is 29.0 Å². The molecule has 2 amide bonds. The van der Waals surface area contributed by atoms with E-state index in [1.807, 2.05) is 36.4 Å². The van der Waals surface area contributed by atoms with Gasteiger partial charge in [0, 0.05) is 5.92 Å². The Bertz CT molecular complexity index is 1230. The summed E-state index contributed by atoms with van der Waals surface area (Å²) in [5, 5.41) is 14.6. The molecule has 0 spiro atoms. The molecule has 1 aliphatic rings. The fourth-order valence-electron chi connectivity index (χ4n) is 4.29. The van der Waals surface area contributed by atoms with Crippen LogP contribution in [0.2, 0.25) is 0 Å². The minimum absolute atomic E-state index is 0.0977. The van der Waals surface area contributed by atoms with Crippen molar-refractivity contribution >= 4 is 23.7 Å². The molecule has 180 valence electrons. The summed E-state index contributed by atoms with van der Waals surface area (Å²) in [6, 6.07) is 19.4. The second-order valence-corrected chi connectivity index (χ2v) is 8.14. The highest BCUT2D eigenvalue weighted by atomic mass is 16.5. The van der Waals surface area contributed by atoms with E-state index in [0.717, 1.165) is 22.3 Å². The molecule has 0 aromatic heterocycles. The third-order valence-electron chi connectivity index (χ3n) is 6.08. The van der Waals surface area contributed by atoms with Crippen LogP contribution in [0.4, 0.5) is 10.5 Å². The van der Waals surface area contributed by atoms with Crippen molar-refractivity contribution in [1.29, 1.82) is 0 Å². The zero-order valence-electron chi connectivity index (χ0n) is 19.4. The molecule has 0 aliphatic heterocycles. The van der Waals surface area contributed by atoms with Gasteiger partial charge in [0.05, 0.1) is 18.4 Å². The fraction of sp³-hybridized carbons (Fsp3) is 0.222. The smallest absolute Gasteiger partial charge is 0.407 e. The second-order valence-electron chi connectivity index (χ2n) is 8.14. The summed E-state index contributed by atoms with van der Waals surface area (Å²) in [5.41, 5.74) is 4.41. The Morgan fingerprint density at radius 2 is 1.60 bits per heavy atom. The minimum Gasteiger partial charge on any atom is -0.497 e. The van der Waals surface area contributed by atoms with Crippen LogP contribution in [0, 0.1) is 0 Å². The van der Waals surface area contributed by atoms with E-state index < -0.39 is 24.0 Å². The van der Waals surface area contributed by atoms with Gasteiger partial charge in [-0.25, -0.2) is 9.59 Å². The van der Waals surface area contributed by atoms with Gasteiger partial charge in [-0.05, 0) is 46.9 Å². The molecule has 0 saturated heterocycles. The summed E-state index contributed by atoms with van der Waals surface area (Å²) in [4.78, 5) is 37.0. The number of aromatic carboxylic acids is 1. The van der Waals surface area contributed by atoms with Crippen molar-refractivity contribution in [1.82, 2.24) is 5.32 Å². The molecule has 0 saturated carbocycles. The molecule has 1 unspecified atom stereocenters. The number of carboxylic acids is 1. The number of benzene rings is 3. The SMILES string of the molecule is CCC(NC(=O)OCC1c2ccccc2-c2ccccc21)C(=O)Nc1ccc(OC)cc1C(=O)O. The number of hydrogen-bond donors (Lipinski definition) is 3. The number of hydrogen-bond acceptors (Lipinski definition) is 5. The van der Waals surface area contributed by atoms with Crippen molar-refractivity contribution in [3.63, 3.8) is 0 Å². The molecular weight excluding hydrogens is 448 g/mol. The molecular formula is C27H26N2O6. The van der Waals surface area contributed by atoms with Crippen molar-refractivity contribution in [2.24, 2.45) is 0 Å². The van der Waals surface area contributed by atoms with Crippen LogP contribution in [0.25, 0.3) is 11.1 Å². The van der Waals surface area contributed by atoms with E-state index in [9.17, 15) is 19.5 Å². The van der Waals surface area contributed by atoms with Gasteiger partial charge in [0.25, 0.3) is 0 Å². The quantitative estimate of drug-likeness (QED) is 0.438. The van der Waals surface area contributed by atoms with Gasteiger partial charge in [-0.1, -0.05) is 55.5 Å². The zero-order valence-corrected chi connectivity index (χ0v) is 19.4. The van der Waals surface area contributed by atoms with E-state index in [2.05, 4.69) is 22.8 Å². The normalized spacial score (nSPS) is 12.7. The van der Waals surface area contributed by atoms with Crippen LogP contribution < -0.4 is 15.4 Å². The first-order valence-corrected chi connectivity index (χ1v) is 11.3. The number of methoxy groups -OCH3 is 1. The molecule has 3 N–H and O–H groups in total. The maximum atomic E-state index is 12.8. The van der Waals surface area contributed by atoms with Gasteiger partial charge in [0.15, 0.2) is 0 Å². The number of alkyl carbamates (subject to hydrolysis) is 1. The topological polar surface area (TPSA) is 114 Å². The second kappa shape index (κ2) is 10.3. The van der Waals surface area contributed by atoms with Crippen molar-refractivity contribution in [2.45, 2.75) is 25.3 Å². The van der Waals surface area contributed by atoms with Gasteiger partial charge in [0.2, 0.25) is 5.91 Å². The first-order chi connectivity index (χ1) is 16.9. The number of carbonyl (C=O) groups is 3. The number of carboxylic acid groups (broad SMARTS) is 1. The molecule has 8 nitrogen and oxygen atoms in total. The Kier molecular flexibility index (Phi) is 7.01. The number of amides is 2. The van der Waals surface area contributed by atoms with Gasteiger partial charge in [-0.2, -0.15) is 0 Å². The van der Waals surface area contributed by atoms with E-state index in [1.165, 1.54) is 19.2 Å². The molecule has 0 radical (unpaired) electrons. The Labute approximate surface area is 202 Å². The van der Waals surface area contributed by atoms with Crippen molar-refractivity contribution in [2.75, 3.05) is 19.0 Å². The maximum absolute atomic E-state index is 12.8. The van der Waals surface area contributed by atoms with Crippen LogP contribution in [0.5, 0.6) is 5.75 Å². The summed E-state index contributed by atoms with van der Waals surface area (Å²) >= 11 is 0. The molecule has 0 heterocycles. The van der Waals surface area contributed by atoms with Crippen LogP contribution in [-0.4, -0.2) is 42.8 Å². The average molecular weight is 475 g/mol. The summed E-state index contributed by atoms with van der Waals surface area (Å²) < 4.78 is 10.6. The molecule has 35 heavy (non-hydrogen) atoms. The highest BCUT2D eigenvalue weighted by Crippen LogP contribution is 2.44. The molecule has 1 aliphatic carbocycles. The Hall–Kier alpha value is -4.33. The molecule has 3 aromatic rings. The number of carbonyl (C=O) groups excluding carboxylic acids is 2. The third-order valence-corrected chi connectivity index (χ3v) is 6.08. The number of anilines is 1. The molecule has 3 aromatic carbocycles. The number of ether oxygens (including phenoxy) is 2. The molecule has 8 heteroatoms. The summed E-state index contributed by atoms with van der Waals surface area (Å²) in [6.07, 6.45) is -0.434. The van der Waals surface area contributed by atoms with Crippen LogP contribution in [0.15, 0.2) is 66.7 Å².